The zero-order valence-corrected chi connectivity index (χ0v) is 14.3. The molecular formula is C19H23N3O3. The molecule has 1 fully saturated rings. The molecule has 132 valence electrons. The van der Waals surface area contributed by atoms with Crippen molar-refractivity contribution in [1.82, 2.24) is 14.8 Å². The van der Waals surface area contributed by atoms with E-state index in [-0.39, 0.29) is 12.0 Å². The fraction of sp³-hybridized carbons (Fsp3) is 0.368. The van der Waals surface area contributed by atoms with Gasteiger partial charge in [-0.2, -0.15) is 0 Å². The van der Waals surface area contributed by atoms with E-state index in [4.69, 9.17) is 4.74 Å². The Balaban J connectivity index is 1.69. The van der Waals surface area contributed by atoms with Crippen molar-refractivity contribution in [2.24, 2.45) is 0 Å². The number of piperazine rings is 1. The average molecular weight is 341 g/mol. The number of aliphatic hydroxyl groups excluding tert-OH is 1. The molecule has 6 heteroatoms. The Morgan fingerprint density at radius 2 is 1.96 bits per heavy atom. The van der Waals surface area contributed by atoms with Gasteiger partial charge in [0.25, 0.3) is 5.91 Å². The normalized spacial score (nSPS) is 16.5. The largest absolute Gasteiger partial charge is 0.455 e. The molecule has 1 atom stereocenters. The maximum absolute atomic E-state index is 12.9. The summed E-state index contributed by atoms with van der Waals surface area (Å²) >= 11 is 0. The van der Waals surface area contributed by atoms with Crippen LogP contribution in [0.2, 0.25) is 0 Å². The first-order valence-corrected chi connectivity index (χ1v) is 8.50. The van der Waals surface area contributed by atoms with Crippen molar-refractivity contribution >= 4 is 5.91 Å². The van der Waals surface area contributed by atoms with Crippen LogP contribution in [0.5, 0.6) is 11.5 Å². The fourth-order valence-corrected chi connectivity index (χ4v) is 2.94. The summed E-state index contributed by atoms with van der Waals surface area (Å²) in [6, 6.07) is 10.9. The Bertz CT molecular complexity index is 698. The number of aromatic nitrogens is 1. The highest BCUT2D eigenvalue weighted by atomic mass is 16.5. The minimum Gasteiger partial charge on any atom is -0.455 e. The Morgan fingerprint density at radius 1 is 1.20 bits per heavy atom. The summed E-state index contributed by atoms with van der Waals surface area (Å²) in [4.78, 5) is 20.9. The number of nitrogens with zero attached hydrogens (tertiary/aromatic N) is 3. The predicted octanol–water partition coefficient (Wildman–Crippen LogP) is 2.01. The average Bonchev–Trinajstić information content (AvgIpc) is 2.63. The highest BCUT2D eigenvalue weighted by molar-refractivity contribution is 5.97. The lowest BCUT2D eigenvalue weighted by molar-refractivity contribution is 0.0552. The molecule has 6 nitrogen and oxygen atoms in total. The Labute approximate surface area is 147 Å². The summed E-state index contributed by atoms with van der Waals surface area (Å²) in [7, 11) is 0. The van der Waals surface area contributed by atoms with Gasteiger partial charge in [0, 0.05) is 38.9 Å². The predicted molar refractivity (Wildman–Crippen MR) is 94.8 cm³/mol. The monoisotopic (exact) mass is 341 g/mol. The van der Waals surface area contributed by atoms with E-state index in [1.165, 1.54) is 0 Å². The van der Waals surface area contributed by atoms with Gasteiger partial charge in [-0.1, -0.05) is 12.1 Å². The number of β-amino-alcohol motifs (C(OH)–C–C–N with tert-alkyl or cyclic N) is 1. The first kappa shape index (κ1) is 17.4. The summed E-state index contributed by atoms with van der Waals surface area (Å²) in [5.41, 5.74) is 0.551. The summed E-state index contributed by atoms with van der Waals surface area (Å²) < 4.78 is 5.84. The number of aliphatic hydroxyl groups is 1. The number of carbonyl (C=O) groups is 1. The smallest absolute Gasteiger partial charge is 0.257 e. The van der Waals surface area contributed by atoms with Crippen molar-refractivity contribution in [2.45, 2.75) is 13.0 Å². The first-order valence-electron chi connectivity index (χ1n) is 8.50. The van der Waals surface area contributed by atoms with Crippen LogP contribution >= 0.6 is 0 Å². The lowest BCUT2D eigenvalue weighted by Crippen LogP contribution is -2.50. The van der Waals surface area contributed by atoms with E-state index >= 15 is 0 Å². The Kier molecular flexibility index (Phi) is 5.63. The zero-order valence-electron chi connectivity index (χ0n) is 14.3. The van der Waals surface area contributed by atoms with Crippen molar-refractivity contribution in [3.05, 3.63) is 54.4 Å². The standard InChI is InChI=1S/C19H23N3O3/c1-15(23)14-21-9-11-22(12-10-21)19(24)17-6-2-3-7-18(17)25-16-5-4-8-20-13-16/h2-8,13,15,23H,9-12,14H2,1H3. The molecule has 0 saturated carbocycles. The van der Waals surface area contributed by atoms with E-state index in [1.807, 2.05) is 23.1 Å². The van der Waals surface area contributed by atoms with Gasteiger partial charge in [-0.25, -0.2) is 0 Å². The first-order chi connectivity index (χ1) is 12.1. The maximum Gasteiger partial charge on any atom is 0.257 e. The molecule has 0 spiro atoms. The van der Waals surface area contributed by atoms with Crippen molar-refractivity contribution in [2.75, 3.05) is 32.7 Å². The minimum absolute atomic E-state index is 0.0313. The van der Waals surface area contributed by atoms with Gasteiger partial charge in [-0.05, 0) is 31.2 Å². The Hall–Kier alpha value is -2.44. The molecule has 1 unspecified atom stereocenters. The zero-order chi connectivity index (χ0) is 17.6. The molecule has 25 heavy (non-hydrogen) atoms. The quantitative estimate of drug-likeness (QED) is 0.901. The van der Waals surface area contributed by atoms with Crippen LogP contribution in [-0.2, 0) is 0 Å². The molecule has 2 aromatic rings. The molecule has 1 aromatic heterocycles. The van der Waals surface area contributed by atoms with Crippen LogP contribution in [0.25, 0.3) is 0 Å². The van der Waals surface area contributed by atoms with Gasteiger partial charge < -0.3 is 14.7 Å². The highest BCUT2D eigenvalue weighted by Crippen LogP contribution is 2.26. The van der Waals surface area contributed by atoms with Gasteiger partial charge in [-0.15, -0.1) is 0 Å². The molecule has 1 aliphatic heterocycles. The van der Waals surface area contributed by atoms with Crippen molar-refractivity contribution < 1.29 is 14.6 Å². The molecule has 1 N–H and O–H groups in total. The number of ether oxygens (including phenoxy) is 1. The number of carbonyl (C=O) groups excluding carboxylic acids is 1. The van der Waals surface area contributed by atoms with Crippen LogP contribution in [0.3, 0.4) is 0 Å². The molecule has 3 rings (SSSR count). The van der Waals surface area contributed by atoms with Crippen LogP contribution in [0.15, 0.2) is 48.8 Å². The van der Waals surface area contributed by atoms with Crippen molar-refractivity contribution in [3.8, 4) is 11.5 Å². The highest BCUT2D eigenvalue weighted by Gasteiger charge is 2.24. The third-order valence-corrected chi connectivity index (χ3v) is 4.16. The SMILES string of the molecule is CC(O)CN1CCN(C(=O)c2ccccc2Oc2cccnc2)CC1. The molecule has 0 aliphatic carbocycles. The van der Waals surface area contributed by atoms with E-state index in [9.17, 15) is 9.90 Å². The molecule has 0 bridgehead atoms. The van der Waals surface area contributed by atoms with Crippen molar-refractivity contribution in [3.63, 3.8) is 0 Å². The summed E-state index contributed by atoms with van der Waals surface area (Å²) in [6.07, 6.45) is 2.95. The van der Waals surface area contributed by atoms with Gasteiger partial charge in [0.1, 0.15) is 11.5 Å². The number of pyridine rings is 1. The van der Waals surface area contributed by atoms with Crippen molar-refractivity contribution in [1.29, 1.82) is 0 Å². The third-order valence-electron chi connectivity index (χ3n) is 4.16. The van der Waals surface area contributed by atoms with E-state index in [2.05, 4.69) is 9.88 Å². The molecule has 1 amide bonds. The van der Waals surface area contributed by atoms with Crippen LogP contribution in [0, 0.1) is 0 Å². The van der Waals surface area contributed by atoms with Gasteiger partial charge in [0.15, 0.2) is 0 Å². The van der Waals surface area contributed by atoms with Crippen LogP contribution in [-0.4, -0.2) is 64.6 Å². The molecule has 1 aliphatic rings. The second-order valence-corrected chi connectivity index (χ2v) is 6.23. The molecular weight excluding hydrogens is 318 g/mol. The van der Waals surface area contributed by atoms with Crippen LogP contribution in [0.4, 0.5) is 0 Å². The topological polar surface area (TPSA) is 65.9 Å². The fourth-order valence-electron chi connectivity index (χ4n) is 2.94. The van der Waals surface area contributed by atoms with Gasteiger partial charge in [0.05, 0.1) is 17.9 Å². The number of rotatable bonds is 5. The van der Waals surface area contributed by atoms with Crippen LogP contribution < -0.4 is 4.74 Å². The lowest BCUT2D eigenvalue weighted by atomic mass is 10.1. The number of hydrogen-bond donors (Lipinski definition) is 1. The minimum atomic E-state index is -0.351. The second kappa shape index (κ2) is 8.09. The lowest BCUT2D eigenvalue weighted by Gasteiger charge is -2.35. The Morgan fingerprint density at radius 3 is 2.64 bits per heavy atom. The maximum atomic E-state index is 12.9. The van der Waals surface area contributed by atoms with Crippen LogP contribution in [0.1, 0.15) is 17.3 Å². The van der Waals surface area contributed by atoms with Gasteiger partial charge >= 0.3 is 0 Å². The van der Waals surface area contributed by atoms with E-state index in [1.54, 1.807) is 37.5 Å². The molecule has 1 aromatic carbocycles. The summed E-state index contributed by atoms with van der Waals surface area (Å²) in [6.45, 7) is 5.25. The number of benzene rings is 1. The van der Waals surface area contributed by atoms with E-state index in [0.717, 1.165) is 13.1 Å². The molecule has 1 saturated heterocycles. The third kappa shape index (κ3) is 4.55. The van der Waals surface area contributed by atoms with Gasteiger partial charge in [0.2, 0.25) is 0 Å². The number of amides is 1. The van der Waals surface area contributed by atoms with E-state index < -0.39 is 0 Å². The number of hydrogen-bond acceptors (Lipinski definition) is 5. The summed E-state index contributed by atoms with van der Waals surface area (Å²) in [5.74, 6) is 1.10. The second-order valence-electron chi connectivity index (χ2n) is 6.23. The van der Waals surface area contributed by atoms with E-state index in [0.29, 0.717) is 36.7 Å². The number of para-hydroxylation sites is 1. The molecule has 0 radical (unpaired) electrons. The van der Waals surface area contributed by atoms with Gasteiger partial charge in [-0.3, -0.25) is 14.7 Å². The molecule has 2 heterocycles. The summed E-state index contributed by atoms with van der Waals surface area (Å²) in [5, 5.41) is 9.49.